The highest BCUT2D eigenvalue weighted by Crippen LogP contribution is 2.32. The number of phenolic OH excluding ortho intramolecular Hbond substituents is 1. The summed E-state index contributed by atoms with van der Waals surface area (Å²) in [4.78, 5) is 11.6. The fraction of sp³-hybridized carbons (Fsp3) is 0.300. The Balaban J connectivity index is 2.91. The third kappa shape index (κ3) is 3.21. The van der Waals surface area contributed by atoms with Gasteiger partial charge in [-0.15, -0.1) is 0 Å². The van der Waals surface area contributed by atoms with E-state index < -0.39 is 4.32 Å². The van der Waals surface area contributed by atoms with Gasteiger partial charge in [-0.3, -0.25) is 4.79 Å². The lowest BCUT2D eigenvalue weighted by molar-refractivity contribution is -0.117. The minimum atomic E-state index is -0.665. The molecular formula is C10H11Br2NO2. The summed E-state index contributed by atoms with van der Waals surface area (Å²) >= 11 is 6.41. The molecule has 0 saturated heterocycles. The largest absolute Gasteiger partial charge is 0.505 e. The number of aromatic hydroxyl groups is 1. The number of halogens is 2. The third-order valence-electron chi connectivity index (χ3n) is 1.77. The van der Waals surface area contributed by atoms with Crippen molar-refractivity contribution >= 4 is 43.5 Å². The number of rotatable bonds is 2. The maximum atomic E-state index is 11.6. The standard InChI is InChI=1S/C10H11Br2NO2/c1-10(2,12)9(15)13-7-5-3-4-6(11)8(7)14/h3-5,14H,1-2H3,(H,13,15). The Morgan fingerprint density at radius 3 is 2.60 bits per heavy atom. The van der Waals surface area contributed by atoms with Crippen molar-refractivity contribution in [2.45, 2.75) is 18.2 Å². The topological polar surface area (TPSA) is 49.3 Å². The minimum Gasteiger partial charge on any atom is -0.505 e. The second-order valence-corrected chi connectivity index (χ2v) is 6.40. The fourth-order valence-electron chi connectivity index (χ4n) is 0.887. The molecule has 0 atom stereocenters. The summed E-state index contributed by atoms with van der Waals surface area (Å²) in [5.74, 6) is -0.182. The van der Waals surface area contributed by atoms with E-state index in [1.807, 2.05) is 0 Å². The number of carbonyl (C=O) groups excluding carboxylic acids is 1. The molecule has 3 nitrogen and oxygen atoms in total. The number of amides is 1. The molecule has 15 heavy (non-hydrogen) atoms. The highest BCUT2D eigenvalue weighted by Gasteiger charge is 2.24. The third-order valence-corrected chi connectivity index (χ3v) is 2.77. The van der Waals surface area contributed by atoms with Gasteiger partial charge in [0.25, 0.3) is 0 Å². The molecule has 0 aromatic heterocycles. The van der Waals surface area contributed by atoms with Crippen LogP contribution in [0.25, 0.3) is 0 Å². The molecule has 1 aromatic rings. The van der Waals surface area contributed by atoms with Crippen molar-refractivity contribution in [1.82, 2.24) is 0 Å². The number of benzene rings is 1. The van der Waals surface area contributed by atoms with Crippen LogP contribution in [0.4, 0.5) is 5.69 Å². The van der Waals surface area contributed by atoms with Gasteiger partial charge in [0.1, 0.15) is 0 Å². The fourth-order valence-corrected chi connectivity index (χ4v) is 1.35. The molecule has 0 bridgehead atoms. The molecule has 1 aromatic carbocycles. The number of hydrogen-bond acceptors (Lipinski definition) is 2. The molecule has 0 radical (unpaired) electrons. The monoisotopic (exact) mass is 335 g/mol. The summed E-state index contributed by atoms with van der Waals surface area (Å²) in [6.45, 7) is 3.47. The summed E-state index contributed by atoms with van der Waals surface area (Å²) in [6.07, 6.45) is 0. The summed E-state index contributed by atoms with van der Waals surface area (Å²) in [5, 5.41) is 12.3. The van der Waals surface area contributed by atoms with E-state index in [0.717, 1.165) is 0 Å². The van der Waals surface area contributed by atoms with Crippen molar-refractivity contribution in [3.8, 4) is 5.75 Å². The van der Waals surface area contributed by atoms with Crippen molar-refractivity contribution in [1.29, 1.82) is 0 Å². The first-order chi connectivity index (χ1) is 6.82. The van der Waals surface area contributed by atoms with Gasteiger partial charge in [0.05, 0.1) is 14.5 Å². The number of para-hydroxylation sites is 1. The lowest BCUT2D eigenvalue weighted by Crippen LogP contribution is -2.30. The predicted molar refractivity (Wildman–Crippen MR) is 67.4 cm³/mol. The summed E-state index contributed by atoms with van der Waals surface area (Å²) in [6, 6.07) is 5.07. The lowest BCUT2D eigenvalue weighted by Gasteiger charge is -2.16. The molecule has 0 spiro atoms. The van der Waals surface area contributed by atoms with Gasteiger partial charge >= 0.3 is 0 Å². The number of alkyl halides is 1. The molecule has 1 amide bonds. The zero-order valence-corrected chi connectivity index (χ0v) is 11.5. The molecule has 0 unspecified atom stereocenters. The van der Waals surface area contributed by atoms with Gasteiger partial charge in [-0.05, 0) is 41.9 Å². The van der Waals surface area contributed by atoms with Crippen LogP contribution in [-0.4, -0.2) is 15.3 Å². The zero-order chi connectivity index (χ0) is 11.6. The van der Waals surface area contributed by atoms with E-state index in [-0.39, 0.29) is 11.7 Å². The Bertz CT molecular complexity index is 385. The van der Waals surface area contributed by atoms with E-state index in [0.29, 0.717) is 10.2 Å². The van der Waals surface area contributed by atoms with Crippen LogP contribution in [0.1, 0.15) is 13.8 Å². The lowest BCUT2D eigenvalue weighted by atomic mass is 10.2. The van der Waals surface area contributed by atoms with Gasteiger partial charge < -0.3 is 10.4 Å². The normalized spacial score (nSPS) is 11.2. The molecular weight excluding hydrogens is 326 g/mol. The highest BCUT2D eigenvalue weighted by atomic mass is 79.9. The number of phenols is 1. The second kappa shape index (κ2) is 4.53. The van der Waals surface area contributed by atoms with Crippen LogP contribution in [-0.2, 0) is 4.79 Å². The summed E-state index contributed by atoms with van der Waals surface area (Å²) in [5.41, 5.74) is 0.391. The molecule has 1 rings (SSSR count). The van der Waals surface area contributed by atoms with Crippen molar-refractivity contribution in [3.05, 3.63) is 22.7 Å². The Labute approximate surface area is 105 Å². The van der Waals surface area contributed by atoms with Crippen LogP contribution in [0.5, 0.6) is 5.75 Å². The molecule has 0 aliphatic carbocycles. The van der Waals surface area contributed by atoms with Crippen LogP contribution < -0.4 is 5.32 Å². The first-order valence-electron chi connectivity index (χ1n) is 4.30. The van der Waals surface area contributed by atoms with E-state index in [1.165, 1.54) is 0 Å². The summed E-state index contributed by atoms with van der Waals surface area (Å²) < 4.78 is -0.116. The molecule has 0 aliphatic rings. The first-order valence-corrected chi connectivity index (χ1v) is 5.89. The summed E-state index contributed by atoms with van der Waals surface area (Å²) in [7, 11) is 0. The molecule has 0 fully saturated rings. The molecule has 5 heteroatoms. The van der Waals surface area contributed by atoms with Crippen molar-refractivity contribution in [3.63, 3.8) is 0 Å². The van der Waals surface area contributed by atoms with Crippen LogP contribution >= 0.6 is 31.9 Å². The Morgan fingerprint density at radius 2 is 2.07 bits per heavy atom. The number of hydrogen-bond donors (Lipinski definition) is 2. The smallest absolute Gasteiger partial charge is 0.240 e. The number of carbonyl (C=O) groups is 1. The molecule has 0 saturated carbocycles. The van der Waals surface area contributed by atoms with Crippen LogP contribution in [0.15, 0.2) is 22.7 Å². The van der Waals surface area contributed by atoms with E-state index in [2.05, 4.69) is 37.2 Å². The van der Waals surface area contributed by atoms with Crippen molar-refractivity contribution in [2.75, 3.05) is 5.32 Å². The van der Waals surface area contributed by atoms with Gasteiger partial charge in [-0.1, -0.05) is 22.0 Å². The molecule has 82 valence electrons. The van der Waals surface area contributed by atoms with Gasteiger partial charge in [0, 0.05) is 0 Å². The Morgan fingerprint density at radius 1 is 1.47 bits per heavy atom. The van der Waals surface area contributed by atoms with Gasteiger partial charge in [0.2, 0.25) is 5.91 Å². The minimum absolute atomic E-state index is 0.0302. The van der Waals surface area contributed by atoms with Crippen LogP contribution in [0, 0.1) is 0 Å². The molecule has 0 heterocycles. The maximum absolute atomic E-state index is 11.6. The van der Waals surface area contributed by atoms with Gasteiger partial charge in [-0.2, -0.15) is 0 Å². The van der Waals surface area contributed by atoms with Crippen LogP contribution in [0.2, 0.25) is 0 Å². The molecule has 2 N–H and O–H groups in total. The van der Waals surface area contributed by atoms with Gasteiger partial charge in [0.15, 0.2) is 5.75 Å². The number of nitrogens with one attached hydrogen (secondary N) is 1. The quantitative estimate of drug-likeness (QED) is 0.643. The van der Waals surface area contributed by atoms with E-state index >= 15 is 0 Å². The second-order valence-electron chi connectivity index (χ2n) is 3.56. The van der Waals surface area contributed by atoms with E-state index in [1.54, 1.807) is 32.0 Å². The maximum Gasteiger partial charge on any atom is 0.240 e. The predicted octanol–water partition coefficient (Wildman–Crippen LogP) is 3.27. The number of anilines is 1. The van der Waals surface area contributed by atoms with E-state index in [9.17, 15) is 9.90 Å². The average Bonchev–Trinajstić information content (AvgIpc) is 2.11. The SMILES string of the molecule is CC(C)(Br)C(=O)Nc1cccc(Br)c1O. The van der Waals surface area contributed by atoms with Crippen LogP contribution in [0.3, 0.4) is 0 Å². The average molecular weight is 337 g/mol. The zero-order valence-electron chi connectivity index (χ0n) is 8.34. The Kier molecular flexibility index (Phi) is 3.78. The van der Waals surface area contributed by atoms with Gasteiger partial charge in [-0.25, -0.2) is 0 Å². The Hall–Kier alpha value is -0.550. The first kappa shape index (κ1) is 12.5. The van der Waals surface area contributed by atoms with Crippen molar-refractivity contribution in [2.24, 2.45) is 0 Å². The van der Waals surface area contributed by atoms with E-state index in [4.69, 9.17) is 0 Å². The highest BCUT2D eigenvalue weighted by molar-refractivity contribution is 9.10. The molecule has 0 aliphatic heterocycles. The van der Waals surface area contributed by atoms with Crippen molar-refractivity contribution < 1.29 is 9.90 Å².